The molecule has 0 bridgehead atoms. The minimum absolute atomic E-state index is 0.214. The molecule has 11 heteroatoms. The fourth-order valence-electron chi connectivity index (χ4n) is 4.35. The molecule has 5 heterocycles. The van der Waals surface area contributed by atoms with E-state index in [1.807, 2.05) is 0 Å². The average Bonchev–Trinajstić information content (AvgIpc) is 3.54. The molecular weight excluding hydrogens is 448 g/mol. The van der Waals surface area contributed by atoms with Crippen molar-refractivity contribution in [3.8, 4) is 5.88 Å². The van der Waals surface area contributed by atoms with Crippen LogP contribution in [0.5, 0.6) is 5.88 Å². The predicted octanol–water partition coefficient (Wildman–Crippen LogP) is 2.10. The van der Waals surface area contributed by atoms with Gasteiger partial charge in [-0.1, -0.05) is 19.0 Å². The van der Waals surface area contributed by atoms with Gasteiger partial charge >= 0.3 is 6.01 Å². The lowest BCUT2D eigenvalue weighted by Crippen LogP contribution is -2.35. The molecule has 1 atom stereocenters. The van der Waals surface area contributed by atoms with Gasteiger partial charge < -0.3 is 30.1 Å². The van der Waals surface area contributed by atoms with Crippen molar-refractivity contribution in [1.82, 2.24) is 25.4 Å². The van der Waals surface area contributed by atoms with Gasteiger partial charge in [0.1, 0.15) is 5.82 Å². The molecule has 3 fully saturated rings. The molecule has 11 nitrogen and oxygen atoms in total. The van der Waals surface area contributed by atoms with Crippen LogP contribution in [0.3, 0.4) is 0 Å². The maximum Gasteiger partial charge on any atom is 0.324 e. The number of carbonyl (C=O) groups excluding carboxylic acids is 1. The molecule has 3 saturated heterocycles. The van der Waals surface area contributed by atoms with Crippen molar-refractivity contribution in [2.24, 2.45) is 11.7 Å². The molecule has 3 N–H and O–H groups in total. The number of carbonyl (C=O) groups is 1. The van der Waals surface area contributed by atoms with Crippen LogP contribution >= 0.6 is 0 Å². The zero-order valence-corrected chi connectivity index (χ0v) is 20.9. The lowest BCUT2D eigenvalue weighted by atomic mass is 9.98. The van der Waals surface area contributed by atoms with Crippen molar-refractivity contribution in [2.75, 3.05) is 49.1 Å². The fourth-order valence-corrected chi connectivity index (χ4v) is 4.35. The summed E-state index contributed by atoms with van der Waals surface area (Å²) in [7, 11) is 0. The van der Waals surface area contributed by atoms with E-state index in [9.17, 15) is 4.79 Å². The first kappa shape index (κ1) is 25.2. The standard InChI is InChI=1S/C19H29N7O2.C5H9NO/c1-13(2)18-23-19(28-24-18)25-6-3-14(4-7-25)12-27-17-10-21-16(9-22-17)26-8-5-15(20)11-26;7-5-3-1-2-4-6-5/h9-10,13-15H,3-8,11-12,20H2,1-2H3;1-4H2,(H,6,7). The maximum atomic E-state index is 10.4. The quantitative estimate of drug-likeness (QED) is 0.625. The van der Waals surface area contributed by atoms with Crippen LogP contribution in [-0.2, 0) is 4.79 Å². The third-order valence-corrected chi connectivity index (χ3v) is 6.62. The molecule has 0 aromatic carbocycles. The van der Waals surface area contributed by atoms with Gasteiger partial charge in [-0.25, -0.2) is 9.97 Å². The summed E-state index contributed by atoms with van der Waals surface area (Å²) in [5, 5.41) is 6.79. The summed E-state index contributed by atoms with van der Waals surface area (Å²) in [6.07, 6.45) is 9.50. The molecule has 1 amide bonds. The molecule has 0 radical (unpaired) electrons. The number of ether oxygens (including phenoxy) is 1. The molecular formula is C24H38N8O3. The summed E-state index contributed by atoms with van der Waals surface area (Å²) in [5.74, 6) is 3.19. The second-order valence-electron chi connectivity index (χ2n) is 9.85. The van der Waals surface area contributed by atoms with Gasteiger partial charge in [-0.2, -0.15) is 4.98 Å². The van der Waals surface area contributed by atoms with Crippen molar-refractivity contribution >= 4 is 17.7 Å². The lowest BCUT2D eigenvalue weighted by molar-refractivity contribution is -0.122. The Hall–Kier alpha value is -2.95. The number of aromatic nitrogens is 4. The third-order valence-electron chi connectivity index (χ3n) is 6.62. The number of nitrogens with zero attached hydrogens (tertiary/aromatic N) is 6. The van der Waals surface area contributed by atoms with E-state index in [-0.39, 0.29) is 17.9 Å². The molecule has 0 spiro atoms. The van der Waals surface area contributed by atoms with E-state index in [2.05, 4.69) is 49.1 Å². The van der Waals surface area contributed by atoms with E-state index in [4.69, 9.17) is 15.0 Å². The summed E-state index contributed by atoms with van der Waals surface area (Å²) < 4.78 is 11.3. The van der Waals surface area contributed by atoms with Gasteiger partial charge in [-0.15, -0.1) is 0 Å². The second-order valence-corrected chi connectivity index (χ2v) is 9.85. The zero-order valence-electron chi connectivity index (χ0n) is 20.9. The predicted molar refractivity (Wildman–Crippen MR) is 133 cm³/mol. The van der Waals surface area contributed by atoms with E-state index in [1.54, 1.807) is 12.4 Å². The van der Waals surface area contributed by atoms with Gasteiger partial charge in [-0.3, -0.25) is 4.79 Å². The fraction of sp³-hybridized carbons (Fsp3) is 0.708. The maximum absolute atomic E-state index is 10.4. The normalized spacial score (nSPS) is 21.0. The number of hydrogen-bond donors (Lipinski definition) is 2. The molecule has 1 unspecified atom stereocenters. The van der Waals surface area contributed by atoms with Crippen LogP contribution in [0.2, 0.25) is 0 Å². The van der Waals surface area contributed by atoms with Gasteiger partial charge in [0.2, 0.25) is 11.8 Å². The molecule has 5 rings (SSSR count). The van der Waals surface area contributed by atoms with Gasteiger partial charge in [0.05, 0.1) is 19.0 Å². The van der Waals surface area contributed by atoms with Crippen LogP contribution in [0.1, 0.15) is 64.1 Å². The number of nitrogens with two attached hydrogens (primary N) is 1. The van der Waals surface area contributed by atoms with Crippen molar-refractivity contribution in [2.45, 2.75) is 64.3 Å². The summed E-state index contributed by atoms with van der Waals surface area (Å²) in [6, 6.07) is 0.860. The van der Waals surface area contributed by atoms with E-state index in [1.165, 1.54) is 0 Å². The Morgan fingerprint density at radius 1 is 1.14 bits per heavy atom. The Morgan fingerprint density at radius 2 is 1.94 bits per heavy atom. The van der Waals surface area contributed by atoms with Crippen LogP contribution in [0, 0.1) is 5.92 Å². The summed E-state index contributed by atoms with van der Waals surface area (Å²) in [4.78, 5) is 28.0. The van der Waals surface area contributed by atoms with E-state index >= 15 is 0 Å². The molecule has 3 aliphatic heterocycles. The lowest BCUT2D eigenvalue weighted by Gasteiger charge is -2.30. The molecule has 2 aromatic heterocycles. The largest absolute Gasteiger partial charge is 0.476 e. The topological polar surface area (TPSA) is 136 Å². The Bertz CT molecular complexity index is 919. The van der Waals surface area contributed by atoms with E-state index in [0.29, 0.717) is 24.4 Å². The highest BCUT2D eigenvalue weighted by Gasteiger charge is 2.24. The Morgan fingerprint density at radius 3 is 2.49 bits per heavy atom. The highest BCUT2D eigenvalue weighted by molar-refractivity contribution is 5.76. The number of anilines is 2. The molecule has 192 valence electrons. The summed E-state index contributed by atoms with van der Waals surface area (Å²) in [5.41, 5.74) is 5.95. The molecule has 3 aliphatic rings. The third kappa shape index (κ3) is 7.27. The van der Waals surface area contributed by atoms with E-state index < -0.39 is 0 Å². The van der Waals surface area contributed by atoms with Crippen LogP contribution < -0.4 is 25.6 Å². The molecule has 35 heavy (non-hydrogen) atoms. The smallest absolute Gasteiger partial charge is 0.324 e. The van der Waals surface area contributed by atoms with Crippen molar-refractivity contribution in [1.29, 1.82) is 0 Å². The second kappa shape index (κ2) is 12.1. The Balaban J connectivity index is 0.000000356. The minimum Gasteiger partial charge on any atom is -0.476 e. The Labute approximate surface area is 206 Å². The number of amides is 1. The van der Waals surface area contributed by atoms with Crippen molar-refractivity contribution in [3.05, 3.63) is 18.2 Å². The zero-order chi connectivity index (χ0) is 24.6. The first-order valence-electron chi connectivity index (χ1n) is 12.8. The van der Waals surface area contributed by atoms with Crippen molar-refractivity contribution < 1.29 is 14.1 Å². The van der Waals surface area contributed by atoms with Crippen molar-refractivity contribution in [3.63, 3.8) is 0 Å². The van der Waals surface area contributed by atoms with Crippen LogP contribution in [0.4, 0.5) is 11.8 Å². The Kier molecular flexibility index (Phi) is 8.73. The summed E-state index contributed by atoms with van der Waals surface area (Å²) in [6.45, 7) is 9.23. The average molecular weight is 487 g/mol. The highest BCUT2D eigenvalue weighted by atomic mass is 16.5. The number of nitrogens with one attached hydrogen (secondary N) is 1. The van der Waals surface area contributed by atoms with Crippen LogP contribution in [0.15, 0.2) is 16.9 Å². The van der Waals surface area contributed by atoms with E-state index in [0.717, 1.165) is 82.9 Å². The van der Waals surface area contributed by atoms with Gasteiger partial charge in [0.15, 0.2) is 5.82 Å². The number of piperidine rings is 2. The van der Waals surface area contributed by atoms with Gasteiger partial charge in [-0.05, 0) is 38.0 Å². The van der Waals surface area contributed by atoms with Gasteiger partial charge in [0.25, 0.3) is 0 Å². The SMILES string of the molecule is CC(C)c1noc(N2CCC(COc3cnc(N4CCC(N)C4)cn3)CC2)n1.O=C1CCCCN1. The summed E-state index contributed by atoms with van der Waals surface area (Å²) >= 11 is 0. The monoisotopic (exact) mass is 486 g/mol. The molecule has 0 aliphatic carbocycles. The first-order chi connectivity index (χ1) is 17.0. The minimum atomic E-state index is 0.214. The van der Waals surface area contributed by atoms with Gasteiger partial charge in [0, 0.05) is 51.1 Å². The number of hydrogen-bond acceptors (Lipinski definition) is 10. The molecule has 2 aromatic rings. The first-order valence-corrected chi connectivity index (χ1v) is 12.8. The highest BCUT2D eigenvalue weighted by Crippen LogP contribution is 2.24. The van der Waals surface area contributed by atoms with Crippen LogP contribution in [-0.4, -0.2) is 71.4 Å². The molecule has 0 saturated carbocycles. The number of rotatable bonds is 6. The van der Waals surface area contributed by atoms with Crippen LogP contribution in [0.25, 0.3) is 0 Å².